The van der Waals surface area contributed by atoms with Gasteiger partial charge in [0.25, 0.3) is 11.5 Å². The van der Waals surface area contributed by atoms with Crippen LogP contribution in [0.2, 0.25) is 0 Å². The van der Waals surface area contributed by atoms with Crippen LogP contribution < -0.4 is 10.5 Å². The number of nitriles is 1. The second kappa shape index (κ2) is 10.6. The number of aromatic nitrogens is 1. The van der Waals surface area contributed by atoms with Gasteiger partial charge in [0.05, 0.1) is 24.3 Å². The summed E-state index contributed by atoms with van der Waals surface area (Å²) in [4.78, 5) is 43.8. The molecule has 2 saturated heterocycles. The van der Waals surface area contributed by atoms with Gasteiger partial charge in [0, 0.05) is 38.8 Å². The molecule has 0 saturated carbocycles. The molecular formula is C24H25N5O5S2. The first-order valence-electron chi connectivity index (χ1n) is 11.3. The highest BCUT2D eigenvalue weighted by molar-refractivity contribution is 8.26. The number of hydrogen-bond donors (Lipinski definition) is 0. The van der Waals surface area contributed by atoms with Crippen LogP contribution in [-0.4, -0.2) is 63.5 Å². The van der Waals surface area contributed by atoms with Gasteiger partial charge in [0.15, 0.2) is 0 Å². The SMILES string of the molecule is CCOC(=O)N1CCN(c2c(/C=C3\SC(=S)N(Cc4ccco4)C3=O)c(C)c(C#N)c(=O)n2C)CC1. The van der Waals surface area contributed by atoms with Gasteiger partial charge in [-0.3, -0.25) is 19.1 Å². The third-order valence-corrected chi connectivity index (χ3v) is 7.49. The number of hydrogen-bond acceptors (Lipinski definition) is 9. The van der Waals surface area contributed by atoms with E-state index in [0.717, 1.165) is 11.8 Å². The zero-order valence-corrected chi connectivity index (χ0v) is 21.8. The number of anilines is 1. The van der Waals surface area contributed by atoms with Crippen LogP contribution in [0.1, 0.15) is 29.4 Å². The van der Waals surface area contributed by atoms with Crippen molar-refractivity contribution in [1.29, 1.82) is 5.26 Å². The summed E-state index contributed by atoms with van der Waals surface area (Å²) in [6.07, 6.45) is 2.86. The highest BCUT2D eigenvalue weighted by Gasteiger charge is 2.34. The molecule has 0 spiro atoms. The maximum absolute atomic E-state index is 13.2. The summed E-state index contributed by atoms with van der Waals surface area (Å²) in [5.74, 6) is 0.917. The van der Waals surface area contributed by atoms with Crippen molar-refractivity contribution in [2.75, 3.05) is 37.7 Å². The molecule has 12 heteroatoms. The molecule has 0 atom stereocenters. The van der Waals surface area contributed by atoms with E-state index >= 15 is 0 Å². The normalized spacial score (nSPS) is 17.2. The minimum Gasteiger partial charge on any atom is -0.467 e. The van der Waals surface area contributed by atoms with Crippen molar-refractivity contribution >= 4 is 52.2 Å². The van der Waals surface area contributed by atoms with Crippen LogP contribution in [0.3, 0.4) is 0 Å². The Labute approximate surface area is 217 Å². The van der Waals surface area contributed by atoms with Crippen LogP contribution in [0.15, 0.2) is 32.5 Å². The largest absolute Gasteiger partial charge is 0.467 e. The molecule has 2 aliphatic rings. The van der Waals surface area contributed by atoms with Gasteiger partial charge >= 0.3 is 6.09 Å². The Kier molecular flexibility index (Phi) is 7.51. The average molecular weight is 528 g/mol. The van der Waals surface area contributed by atoms with E-state index in [1.807, 2.05) is 11.0 Å². The monoisotopic (exact) mass is 527 g/mol. The summed E-state index contributed by atoms with van der Waals surface area (Å²) in [5, 5.41) is 9.67. The first kappa shape index (κ1) is 25.5. The Morgan fingerprint density at radius 2 is 2.03 bits per heavy atom. The number of piperazine rings is 1. The van der Waals surface area contributed by atoms with Crippen LogP contribution in [0, 0.1) is 18.3 Å². The summed E-state index contributed by atoms with van der Waals surface area (Å²) in [6.45, 7) is 5.71. The lowest BCUT2D eigenvalue weighted by atomic mass is 10.0. The molecular weight excluding hydrogens is 502 g/mol. The maximum Gasteiger partial charge on any atom is 0.409 e. The van der Waals surface area contributed by atoms with E-state index in [9.17, 15) is 19.6 Å². The van der Waals surface area contributed by atoms with Crippen molar-refractivity contribution in [3.63, 3.8) is 0 Å². The number of nitrogens with zero attached hydrogens (tertiary/aromatic N) is 5. The zero-order chi connectivity index (χ0) is 26.0. The Bertz CT molecular complexity index is 1330. The van der Waals surface area contributed by atoms with Gasteiger partial charge in [-0.2, -0.15) is 5.26 Å². The van der Waals surface area contributed by atoms with Crippen LogP contribution in [-0.2, 0) is 23.1 Å². The highest BCUT2D eigenvalue weighted by atomic mass is 32.2. The fourth-order valence-electron chi connectivity index (χ4n) is 4.24. The topological polar surface area (TPSA) is 112 Å². The molecule has 36 heavy (non-hydrogen) atoms. The van der Waals surface area contributed by atoms with E-state index in [0.29, 0.717) is 64.7 Å². The van der Waals surface area contributed by atoms with E-state index in [1.165, 1.54) is 15.7 Å². The number of thiocarbonyl (C=S) groups is 1. The van der Waals surface area contributed by atoms with Crippen molar-refractivity contribution in [3.05, 3.63) is 56.1 Å². The lowest BCUT2D eigenvalue weighted by Crippen LogP contribution is -2.50. The second-order valence-corrected chi connectivity index (χ2v) is 9.91. The smallest absolute Gasteiger partial charge is 0.409 e. The number of amides is 2. The van der Waals surface area contributed by atoms with Crippen LogP contribution in [0.25, 0.3) is 6.08 Å². The van der Waals surface area contributed by atoms with E-state index < -0.39 is 5.56 Å². The third kappa shape index (κ3) is 4.76. The number of carbonyl (C=O) groups excluding carboxylic acids is 2. The van der Waals surface area contributed by atoms with E-state index in [-0.39, 0.29) is 24.1 Å². The second-order valence-electron chi connectivity index (χ2n) is 8.23. The molecule has 2 fully saturated rings. The van der Waals surface area contributed by atoms with Gasteiger partial charge in [-0.15, -0.1) is 0 Å². The molecule has 188 valence electrons. The summed E-state index contributed by atoms with van der Waals surface area (Å²) in [5.41, 5.74) is 0.681. The molecule has 0 unspecified atom stereocenters. The van der Waals surface area contributed by atoms with Gasteiger partial charge in [0.1, 0.15) is 27.5 Å². The van der Waals surface area contributed by atoms with Gasteiger partial charge in [-0.05, 0) is 37.6 Å². The molecule has 0 radical (unpaired) electrons. The number of thioether (sulfide) groups is 1. The Morgan fingerprint density at radius 3 is 2.64 bits per heavy atom. The molecule has 2 aliphatic heterocycles. The molecule has 0 N–H and O–H groups in total. The van der Waals surface area contributed by atoms with Crippen molar-refractivity contribution in [3.8, 4) is 6.07 Å². The third-order valence-electron chi connectivity index (χ3n) is 6.12. The fourth-order valence-corrected chi connectivity index (χ4v) is 5.47. The van der Waals surface area contributed by atoms with Gasteiger partial charge in [-0.25, -0.2) is 4.79 Å². The van der Waals surface area contributed by atoms with Crippen molar-refractivity contribution in [1.82, 2.24) is 14.4 Å². The van der Waals surface area contributed by atoms with Gasteiger partial charge < -0.3 is 19.0 Å². The number of pyridine rings is 1. The molecule has 4 rings (SSSR count). The molecule has 0 bridgehead atoms. The first-order valence-corrected chi connectivity index (χ1v) is 12.6. The summed E-state index contributed by atoms with van der Waals surface area (Å²) < 4.78 is 12.3. The molecule has 2 aromatic rings. The summed E-state index contributed by atoms with van der Waals surface area (Å²) >= 11 is 6.61. The lowest BCUT2D eigenvalue weighted by Gasteiger charge is -2.37. The van der Waals surface area contributed by atoms with Crippen molar-refractivity contribution < 1.29 is 18.7 Å². The predicted octanol–water partition coefficient (Wildman–Crippen LogP) is 2.84. The number of rotatable bonds is 5. The molecule has 0 aromatic carbocycles. The van der Waals surface area contributed by atoms with Gasteiger partial charge in [-0.1, -0.05) is 24.0 Å². The first-order chi connectivity index (χ1) is 17.3. The van der Waals surface area contributed by atoms with E-state index in [1.54, 1.807) is 44.0 Å². The fraction of sp³-hybridized carbons (Fsp3) is 0.375. The summed E-state index contributed by atoms with van der Waals surface area (Å²) in [6, 6.07) is 5.52. The number of carbonyl (C=O) groups is 2. The molecule has 10 nitrogen and oxygen atoms in total. The highest BCUT2D eigenvalue weighted by Crippen LogP contribution is 2.36. The predicted molar refractivity (Wildman–Crippen MR) is 139 cm³/mol. The summed E-state index contributed by atoms with van der Waals surface area (Å²) in [7, 11) is 1.61. The zero-order valence-electron chi connectivity index (χ0n) is 20.1. The van der Waals surface area contributed by atoms with E-state index in [4.69, 9.17) is 21.4 Å². The molecule has 0 aliphatic carbocycles. The lowest BCUT2D eigenvalue weighted by molar-refractivity contribution is -0.122. The van der Waals surface area contributed by atoms with Crippen LogP contribution in [0.5, 0.6) is 0 Å². The maximum atomic E-state index is 13.2. The van der Waals surface area contributed by atoms with Crippen LogP contribution in [0.4, 0.5) is 10.6 Å². The molecule has 2 amide bonds. The standard InChI is InChI=1S/C24H25N5O5S2/c1-4-33-23(32)28-9-7-27(8-10-28)20-17(15(2)18(13-25)21(30)26(20)3)12-19-22(31)29(24(35)36-19)14-16-6-5-11-34-16/h5-6,11-12H,4,7-10,14H2,1-3H3/b19-12-. The molecule has 4 heterocycles. The Balaban J connectivity index is 1.71. The van der Waals surface area contributed by atoms with Crippen molar-refractivity contribution in [2.24, 2.45) is 7.05 Å². The quantitative estimate of drug-likeness (QED) is 0.428. The molecule has 2 aromatic heterocycles. The minimum atomic E-state index is -0.416. The minimum absolute atomic E-state index is 0.0173. The number of ether oxygens (including phenoxy) is 1. The number of furan rings is 1. The Hall–Kier alpha value is -3.56. The Morgan fingerprint density at radius 1 is 1.31 bits per heavy atom. The average Bonchev–Trinajstić information content (AvgIpc) is 3.47. The van der Waals surface area contributed by atoms with E-state index in [2.05, 4.69) is 0 Å². The van der Waals surface area contributed by atoms with Crippen LogP contribution >= 0.6 is 24.0 Å². The van der Waals surface area contributed by atoms with Gasteiger partial charge in [0.2, 0.25) is 0 Å². The van der Waals surface area contributed by atoms with Crippen molar-refractivity contribution in [2.45, 2.75) is 20.4 Å².